The number of nitrogens with two attached hydrogens (primary N) is 4. The minimum Gasteiger partial charge on any atom is -0.389 e. The predicted octanol–water partition coefficient (Wildman–Crippen LogP) is -5.12. The van der Waals surface area contributed by atoms with Crippen LogP contribution in [0.3, 0.4) is 0 Å². The van der Waals surface area contributed by atoms with Gasteiger partial charge in [-0.25, -0.2) is 0 Å². The molecular weight excluding hydrogens is 296 g/mol. The van der Waals surface area contributed by atoms with E-state index in [1.807, 2.05) is 0 Å². The van der Waals surface area contributed by atoms with E-state index in [0.717, 1.165) is 0 Å². The van der Waals surface area contributed by atoms with Gasteiger partial charge in [0, 0.05) is 18.6 Å². The lowest BCUT2D eigenvalue weighted by atomic mass is 9.84. The number of ether oxygens (including phenoxy) is 2. The van der Waals surface area contributed by atoms with Crippen molar-refractivity contribution in [3.05, 3.63) is 0 Å². The molecule has 0 aromatic heterocycles. The Bertz CT molecular complexity index is 376. The summed E-state index contributed by atoms with van der Waals surface area (Å²) in [5, 5.41) is 39.6. The third-order valence-electron chi connectivity index (χ3n) is 4.36. The zero-order valence-electron chi connectivity index (χ0n) is 12.1. The zero-order chi connectivity index (χ0) is 16.6. The monoisotopic (exact) mass is 322 g/mol. The molecule has 1 heterocycles. The average Bonchev–Trinajstić information content (AvgIpc) is 2.49. The molecule has 10 heteroatoms. The van der Waals surface area contributed by atoms with Crippen LogP contribution < -0.4 is 22.9 Å². The first-order chi connectivity index (χ1) is 10.3. The Morgan fingerprint density at radius 1 is 0.909 bits per heavy atom. The highest BCUT2D eigenvalue weighted by Gasteiger charge is 2.47. The minimum absolute atomic E-state index is 0.0441. The van der Waals surface area contributed by atoms with Crippen LogP contribution in [0, 0.1) is 0 Å². The third-order valence-corrected chi connectivity index (χ3v) is 4.36. The molecule has 1 aliphatic heterocycles. The van der Waals surface area contributed by atoms with E-state index in [2.05, 4.69) is 0 Å². The molecule has 1 saturated carbocycles. The van der Waals surface area contributed by atoms with Gasteiger partial charge in [0.05, 0.1) is 12.1 Å². The van der Waals surface area contributed by atoms with Crippen molar-refractivity contribution in [2.45, 2.75) is 67.5 Å². The summed E-state index contributed by atoms with van der Waals surface area (Å²) in [6.07, 6.45) is -7.73. The summed E-state index contributed by atoms with van der Waals surface area (Å²) in [4.78, 5) is 0. The Kier molecular flexibility index (Phi) is 5.72. The van der Waals surface area contributed by atoms with Gasteiger partial charge in [-0.3, -0.25) is 0 Å². The molecule has 130 valence electrons. The summed E-state index contributed by atoms with van der Waals surface area (Å²) in [5.74, 6) is 0. The van der Waals surface area contributed by atoms with Gasteiger partial charge in [-0.2, -0.15) is 0 Å². The molecule has 1 aliphatic carbocycles. The van der Waals surface area contributed by atoms with E-state index in [1.165, 1.54) is 0 Å². The molecular formula is C12H26N4O6. The lowest BCUT2D eigenvalue weighted by Crippen LogP contribution is -2.67. The van der Waals surface area contributed by atoms with Gasteiger partial charge in [0.1, 0.15) is 30.5 Å². The van der Waals surface area contributed by atoms with Crippen LogP contribution in [0.1, 0.15) is 6.42 Å². The van der Waals surface area contributed by atoms with Crippen molar-refractivity contribution in [3.8, 4) is 0 Å². The largest absolute Gasteiger partial charge is 0.389 e. The molecule has 0 radical (unpaired) electrons. The quantitative estimate of drug-likeness (QED) is 0.248. The summed E-state index contributed by atoms with van der Waals surface area (Å²) in [5.41, 5.74) is 22.8. The van der Waals surface area contributed by atoms with Crippen molar-refractivity contribution >= 4 is 0 Å². The molecule has 0 aromatic rings. The van der Waals surface area contributed by atoms with Gasteiger partial charge in [-0.15, -0.1) is 0 Å². The van der Waals surface area contributed by atoms with Gasteiger partial charge in [-0.05, 0) is 6.42 Å². The maximum Gasteiger partial charge on any atom is 0.176 e. The maximum atomic E-state index is 10.1. The van der Waals surface area contributed by atoms with Gasteiger partial charge >= 0.3 is 0 Å². The first kappa shape index (κ1) is 17.9. The van der Waals surface area contributed by atoms with E-state index in [1.54, 1.807) is 0 Å². The number of rotatable bonds is 3. The first-order valence-electron chi connectivity index (χ1n) is 7.28. The second-order valence-electron chi connectivity index (χ2n) is 5.98. The van der Waals surface area contributed by atoms with Crippen LogP contribution >= 0.6 is 0 Å². The third kappa shape index (κ3) is 3.26. The van der Waals surface area contributed by atoms with Crippen molar-refractivity contribution in [2.75, 3.05) is 6.54 Å². The van der Waals surface area contributed by atoms with Crippen molar-refractivity contribution in [1.29, 1.82) is 0 Å². The fourth-order valence-electron chi connectivity index (χ4n) is 2.89. The Hall–Kier alpha value is -0.400. The normalized spacial score (nSPS) is 53.5. The topological polar surface area (TPSA) is 203 Å². The van der Waals surface area contributed by atoms with Crippen molar-refractivity contribution in [3.63, 3.8) is 0 Å². The molecule has 1 saturated heterocycles. The van der Waals surface area contributed by atoms with Gasteiger partial charge in [0.15, 0.2) is 6.29 Å². The van der Waals surface area contributed by atoms with Gasteiger partial charge in [0.25, 0.3) is 0 Å². The summed E-state index contributed by atoms with van der Waals surface area (Å²) in [7, 11) is 0. The van der Waals surface area contributed by atoms with E-state index in [0.29, 0.717) is 0 Å². The van der Waals surface area contributed by atoms with Crippen molar-refractivity contribution in [1.82, 2.24) is 0 Å². The Morgan fingerprint density at radius 3 is 2.14 bits per heavy atom. The first-order valence-corrected chi connectivity index (χ1v) is 7.28. The average molecular weight is 322 g/mol. The number of hydrogen-bond acceptors (Lipinski definition) is 10. The van der Waals surface area contributed by atoms with Crippen LogP contribution in [0.4, 0.5) is 0 Å². The van der Waals surface area contributed by atoms with E-state index < -0.39 is 61.0 Å². The molecule has 0 bridgehead atoms. The molecule has 2 rings (SSSR count). The molecule has 5 unspecified atom stereocenters. The fourth-order valence-corrected chi connectivity index (χ4v) is 2.89. The SMILES string of the molecule is NC[C@H]1O[C@H](OC2C(N)CC(N)C(O)C2O)[C@H](N)[C@@H](O)[C@@H]1O. The van der Waals surface area contributed by atoms with Gasteiger partial charge < -0.3 is 52.8 Å². The highest BCUT2D eigenvalue weighted by Crippen LogP contribution is 2.26. The molecule has 10 atom stereocenters. The van der Waals surface area contributed by atoms with Crippen LogP contribution in [0.25, 0.3) is 0 Å². The summed E-state index contributed by atoms with van der Waals surface area (Å²) >= 11 is 0. The molecule has 0 spiro atoms. The lowest BCUT2D eigenvalue weighted by molar-refractivity contribution is -0.287. The second-order valence-corrected chi connectivity index (χ2v) is 5.98. The van der Waals surface area contributed by atoms with Crippen LogP contribution in [0.2, 0.25) is 0 Å². The molecule has 0 aromatic carbocycles. The highest BCUT2D eigenvalue weighted by atomic mass is 16.7. The summed E-state index contributed by atoms with van der Waals surface area (Å²) in [6, 6.07) is -2.34. The Balaban J connectivity index is 2.08. The van der Waals surface area contributed by atoms with Crippen molar-refractivity contribution in [2.24, 2.45) is 22.9 Å². The molecule has 0 amide bonds. The van der Waals surface area contributed by atoms with E-state index in [9.17, 15) is 20.4 Å². The number of hydrogen-bond donors (Lipinski definition) is 8. The maximum absolute atomic E-state index is 10.1. The van der Waals surface area contributed by atoms with E-state index in [-0.39, 0.29) is 13.0 Å². The molecule has 2 fully saturated rings. The Morgan fingerprint density at radius 2 is 1.55 bits per heavy atom. The molecule has 2 aliphatic rings. The van der Waals surface area contributed by atoms with E-state index in [4.69, 9.17) is 32.4 Å². The van der Waals surface area contributed by atoms with Crippen LogP contribution in [-0.2, 0) is 9.47 Å². The zero-order valence-corrected chi connectivity index (χ0v) is 12.1. The molecule has 22 heavy (non-hydrogen) atoms. The van der Waals surface area contributed by atoms with Crippen LogP contribution in [0.15, 0.2) is 0 Å². The second kappa shape index (κ2) is 7.01. The van der Waals surface area contributed by atoms with Crippen LogP contribution in [0.5, 0.6) is 0 Å². The lowest BCUT2D eigenvalue weighted by Gasteiger charge is -2.45. The number of aliphatic hydroxyl groups excluding tert-OH is 4. The van der Waals surface area contributed by atoms with E-state index >= 15 is 0 Å². The molecule has 10 nitrogen and oxygen atoms in total. The van der Waals surface area contributed by atoms with Crippen molar-refractivity contribution < 1.29 is 29.9 Å². The highest BCUT2D eigenvalue weighted by molar-refractivity contribution is 4.99. The fraction of sp³-hybridized carbons (Fsp3) is 1.00. The molecule has 12 N–H and O–H groups in total. The summed E-state index contributed by atoms with van der Waals surface area (Å²) < 4.78 is 11.0. The standard InChI is InChI=1S/C12H26N4O6/c13-2-5-8(18)9(19)6(16)12(21-5)22-11-4(15)1-3(14)7(17)10(11)20/h3-12,17-20H,1-2,13-16H2/t3?,4?,5-,6-,7?,8-,9-,10?,11?,12-/m1/s1. The minimum atomic E-state index is -1.31. The Labute approximate surface area is 128 Å². The summed E-state index contributed by atoms with van der Waals surface area (Å²) in [6.45, 7) is -0.0441. The number of aliphatic hydroxyl groups is 4. The van der Waals surface area contributed by atoms with Gasteiger partial charge in [-0.1, -0.05) is 0 Å². The van der Waals surface area contributed by atoms with Gasteiger partial charge in [0.2, 0.25) is 0 Å². The predicted molar refractivity (Wildman–Crippen MR) is 75.2 cm³/mol. The van der Waals surface area contributed by atoms with Crippen LogP contribution in [-0.4, -0.2) is 88.0 Å². The smallest absolute Gasteiger partial charge is 0.176 e.